The highest BCUT2D eigenvalue weighted by Crippen LogP contribution is 2.64. The van der Waals surface area contributed by atoms with E-state index in [1.54, 1.807) is 0 Å². The van der Waals surface area contributed by atoms with Crippen LogP contribution >= 0.6 is 27.5 Å². The molecule has 7 rings (SSSR count). The Morgan fingerprint density at radius 3 is 2.66 bits per heavy atom. The third kappa shape index (κ3) is 3.39. The number of anilines is 1. The lowest BCUT2D eigenvalue weighted by Crippen LogP contribution is -2.60. The summed E-state index contributed by atoms with van der Waals surface area (Å²) in [5.74, 6) is 1.80. The Kier molecular flexibility index (Phi) is 4.73. The molecule has 166 valence electrons. The number of halogens is 2. The summed E-state index contributed by atoms with van der Waals surface area (Å²) in [4.78, 5) is 17.9. The van der Waals surface area contributed by atoms with Crippen molar-refractivity contribution < 1.29 is 4.79 Å². The Morgan fingerprint density at radius 1 is 1.16 bits per heavy atom. The maximum atomic E-state index is 13.6. The second kappa shape index (κ2) is 7.42. The van der Waals surface area contributed by atoms with Crippen molar-refractivity contribution in [1.82, 2.24) is 24.5 Å². The van der Waals surface area contributed by atoms with E-state index < -0.39 is 0 Å². The van der Waals surface area contributed by atoms with Gasteiger partial charge in [0.25, 0.3) is 0 Å². The van der Waals surface area contributed by atoms with Crippen molar-refractivity contribution in [3.05, 3.63) is 58.2 Å². The quantitative estimate of drug-likeness (QED) is 0.526. The van der Waals surface area contributed by atoms with Crippen LogP contribution in [0.4, 0.5) is 5.82 Å². The van der Waals surface area contributed by atoms with Gasteiger partial charge in [-0.15, -0.1) is 5.10 Å². The number of carbonyl (C=O) groups excluding carboxylic acids is 1. The molecule has 2 heterocycles. The van der Waals surface area contributed by atoms with Crippen LogP contribution in [0, 0.1) is 17.3 Å². The number of nitrogens with zero attached hydrogens (tertiary/aromatic N) is 5. The minimum atomic E-state index is -0.366. The van der Waals surface area contributed by atoms with E-state index in [9.17, 15) is 4.79 Å². The monoisotopic (exact) mass is 514 g/mol. The first kappa shape index (κ1) is 20.4. The van der Waals surface area contributed by atoms with Crippen LogP contribution in [0.3, 0.4) is 0 Å². The first-order valence-corrected chi connectivity index (χ1v) is 12.3. The van der Waals surface area contributed by atoms with E-state index in [1.807, 2.05) is 52.2 Å². The third-order valence-corrected chi connectivity index (χ3v) is 8.37. The zero-order chi connectivity index (χ0) is 21.9. The smallest absolute Gasteiger partial charge is 0.231 e. The molecule has 1 aromatic carbocycles. The first-order chi connectivity index (χ1) is 15.4. The summed E-state index contributed by atoms with van der Waals surface area (Å²) in [5.41, 5.74) is 0.524. The van der Waals surface area contributed by atoms with Gasteiger partial charge in [-0.1, -0.05) is 29.8 Å². The van der Waals surface area contributed by atoms with Gasteiger partial charge in [0.1, 0.15) is 6.33 Å². The molecule has 0 spiro atoms. The van der Waals surface area contributed by atoms with Crippen molar-refractivity contribution in [2.75, 3.05) is 5.32 Å². The van der Waals surface area contributed by atoms with Crippen LogP contribution in [-0.2, 0) is 16.9 Å². The molecule has 1 amide bonds. The fraction of sp³-hybridized carbons (Fsp3) is 0.478. The summed E-state index contributed by atoms with van der Waals surface area (Å²) in [5, 5.41) is 13.0. The lowest BCUT2D eigenvalue weighted by Gasteiger charge is -2.60. The molecule has 2 unspecified atom stereocenters. The Morgan fingerprint density at radius 2 is 1.94 bits per heavy atom. The standard InChI is InChI=1S/C23H24BrClN6O/c24-21-26-14-31(29-21)23-10-15-7-16(11-23)9-22(8-15,13-23)20(32)27-19-5-6-30(28-19)12-17-3-1-2-4-18(17)25/h1-6,14-16H,7-13H2,(H,27,28,32). The summed E-state index contributed by atoms with van der Waals surface area (Å²) in [7, 11) is 0. The zero-order valence-electron chi connectivity index (χ0n) is 17.5. The van der Waals surface area contributed by atoms with Gasteiger partial charge in [0.2, 0.25) is 10.6 Å². The van der Waals surface area contributed by atoms with E-state index in [1.165, 1.54) is 6.42 Å². The molecule has 0 radical (unpaired) electrons. The van der Waals surface area contributed by atoms with Crippen LogP contribution in [-0.4, -0.2) is 30.5 Å². The highest BCUT2D eigenvalue weighted by Gasteiger charge is 2.61. The Bertz CT molecular complexity index is 1170. The third-order valence-electron chi connectivity index (χ3n) is 7.63. The Hall–Kier alpha value is -2.19. The number of carbonyl (C=O) groups is 1. The molecule has 32 heavy (non-hydrogen) atoms. The SMILES string of the molecule is O=C(Nc1ccn(Cc2ccccc2Cl)n1)C12CC3CC(C1)CC(n1cnc(Br)n1)(C3)C2. The summed E-state index contributed by atoms with van der Waals surface area (Å²) < 4.78 is 4.44. The van der Waals surface area contributed by atoms with Gasteiger partial charge in [-0.05, 0) is 77.9 Å². The largest absolute Gasteiger partial charge is 0.309 e. The van der Waals surface area contributed by atoms with Crippen molar-refractivity contribution in [2.45, 2.75) is 50.6 Å². The molecule has 4 aliphatic rings. The number of rotatable bonds is 5. The number of aromatic nitrogens is 5. The molecule has 0 saturated heterocycles. The highest BCUT2D eigenvalue weighted by molar-refractivity contribution is 9.10. The van der Waals surface area contributed by atoms with Gasteiger partial charge < -0.3 is 5.32 Å². The molecule has 7 nitrogen and oxygen atoms in total. The summed E-state index contributed by atoms with van der Waals surface area (Å²) in [6.07, 6.45) is 9.81. The van der Waals surface area contributed by atoms with Gasteiger partial charge in [-0.3, -0.25) is 9.48 Å². The molecule has 4 saturated carbocycles. The summed E-state index contributed by atoms with van der Waals surface area (Å²) >= 11 is 9.67. The normalized spacial score (nSPS) is 30.6. The van der Waals surface area contributed by atoms with Crippen LogP contribution in [0.15, 0.2) is 47.6 Å². The number of hydrogen-bond donors (Lipinski definition) is 1. The molecular formula is C23H24BrClN6O. The minimum absolute atomic E-state index is 0.0955. The number of amides is 1. The Balaban J connectivity index is 1.22. The van der Waals surface area contributed by atoms with Crippen LogP contribution in [0.25, 0.3) is 0 Å². The topological polar surface area (TPSA) is 77.6 Å². The molecule has 2 aromatic heterocycles. The van der Waals surface area contributed by atoms with Crippen molar-refractivity contribution in [3.63, 3.8) is 0 Å². The van der Waals surface area contributed by atoms with Gasteiger partial charge >= 0.3 is 0 Å². The molecule has 3 aromatic rings. The van der Waals surface area contributed by atoms with Gasteiger partial charge in [0.15, 0.2) is 5.82 Å². The van der Waals surface area contributed by atoms with Crippen molar-refractivity contribution in [3.8, 4) is 0 Å². The number of nitrogens with one attached hydrogen (secondary N) is 1. The average molecular weight is 516 g/mol. The van der Waals surface area contributed by atoms with Crippen LogP contribution in [0.5, 0.6) is 0 Å². The summed E-state index contributed by atoms with van der Waals surface area (Å²) in [6, 6.07) is 9.60. The molecular weight excluding hydrogens is 492 g/mol. The van der Waals surface area contributed by atoms with E-state index >= 15 is 0 Å². The fourth-order valence-electron chi connectivity index (χ4n) is 6.79. The van der Waals surface area contributed by atoms with Crippen molar-refractivity contribution in [2.24, 2.45) is 17.3 Å². The van der Waals surface area contributed by atoms with E-state index in [4.69, 9.17) is 11.6 Å². The zero-order valence-corrected chi connectivity index (χ0v) is 19.9. The molecule has 0 aliphatic heterocycles. The lowest BCUT2D eigenvalue weighted by atomic mass is 9.46. The van der Waals surface area contributed by atoms with Crippen LogP contribution in [0.2, 0.25) is 5.02 Å². The molecule has 2 atom stereocenters. The minimum Gasteiger partial charge on any atom is -0.309 e. The second-order valence-corrected chi connectivity index (χ2v) is 11.0. The predicted octanol–water partition coefficient (Wildman–Crippen LogP) is 4.87. The number of hydrogen-bond acceptors (Lipinski definition) is 4. The van der Waals surface area contributed by atoms with Crippen molar-refractivity contribution in [1.29, 1.82) is 0 Å². The molecule has 4 aliphatic carbocycles. The van der Waals surface area contributed by atoms with E-state index in [-0.39, 0.29) is 16.9 Å². The van der Waals surface area contributed by atoms with Crippen LogP contribution < -0.4 is 5.32 Å². The van der Waals surface area contributed by atoms with Crippen LogP contribution in [0.1, 0.15) is 44.1 Å². The maximum Gasteiger partial charge on any atom is 0.231 e. The van der Waals surface area contributed by atoms with E-state index in [2.05, 4.69) is 36.4 Å². The van der Waals surface area contributed by atoms with Gasteiger partial charge in [0, 0.05) is 17.3 Å². The second-order valence-electron chi connectivity index (χ2n) is 9.87. The van der Waals surface area contributed by atoms with Gasteiger partial charge in [-0.25, -0.2) is 9.67 Å². The van der Waals surface area contributed by atoms with E-state index in [0.29, 0.717) is 34.0 Å². The maximum absolute atomic E-state index is 13.6. The summed E-state index contributed by atoms with van der Waals surface area (Å²) in [6.45, 7) is 0.565. The van der Waals surface area contributed by atoms with E-state index in [0.717, 1.165) is 37.7 Å². The first-order valence-electron chi connectivity index (χ1n) is 11.1. The molecule has 9 heteroatoms. The highest BCUT2D eigenvalue weighted by atomic mass is 79.9. The Labute approximate surface area is 199 Å². The molecule has 1 N–H and O–H groups in total. The van der Waals surface area contributed by atoms with Crippen molar-refractivity contribution >= 4 is 39.3 Å². The molecule has 4 bridgehead atoms. The fourth-order valence-corrected chi connectivity index (χ4v) is 7.24. The average Bonchev–Trinajstić information content (AvgIpc) is 3.38. The predicted molar refractivity (Wildman–Crippen MR) is 124 cm³/mol. The molecule has 4 fully saturated rings. The number of benzene rings is 1. The van der Waals surface area contributed by atoms with Gasteiger partial charge in [0.05, 0.1) is 17.5 Å². The lowest BCUT2D eigenvalue weighted by molar-refractivity contribution is -0.150. The van der Waals surface area contributed by atoms with Gasteiger partial charge in [-0.2, -0.15) is 5.10 Å².